The van der Waals surface area contributed by atoms with Crippen LogP contribution in [0.2, 0.25) is 0 Å². The number of benzene rings is 1. The number of carbonyl (C=O) groups excluding carboxylic acids is 3. The van der Waals surface area contributed by atoms with Crippen LogP contribution in [0.4, 0.5) is 0 Å². The number of furan rings is 1. The first-order valence-corrected chi connectivity index (χ1v) is 20.1. The van der Waals surface area contributed by atoms with Gasteiger partial charge < -0.3 is 34.9 Å². The number of amides is 3. The molecular formula is C38H55N3O9S. The van der Waals surface area contributed by atoms with Gasteiger partial charge in [0, 0.05) is 19.5 Å². The van der Waals surface area contributed by atoms with E-state index in [0.29, 0.717) is 25.4 Å². The summed E-state index contributed by atoms with van der Waals surface area (Å²) in [5, 5.41) is 28.0. The van der Waals surface area contributed by atoms with Crippen molar-refractivity contribution in [3.63, 3.8) is 0 Å². The average Bonchev–Trinajstić information content (AvgIpc) is 3.86. The second-order valence-corrected chi connectivity index (χ2v) is 17.7. The van der Waals surface area contributed by atoms with Crippen molar-refractivity contribution in [1.29, 1.82) is 0 Å². The van der Waals surface area contributed by atoms with E-state index < -0.39 is 68.3 Å². The molecule has 51 heavy (non-hydrogen) atoms. The molecule has 0 spiro atoms. The summed E-state index contributed by atoms with van der Waals surface area (Å²) < 4.78 is 37.2. The number of morpholine rings is 1. The summed E-state index contributed by atoms with van der Waals surface area (Å²) in [6, 6.07) is 10.5. The SMILES string of the molecule is CC(C)(C(=O)N1CCOCC1)S(=O)(=O)C[C@@H](Cc1ccccc1)C(=O)N[C@H](Cc1ccco1)C(=O)N[C@@H](CC1CCCCC1)[C@@H](O)[C@@H](O)C1CC1. The molecule has 1 aromatic heterocycles. The van der Waals surface area contributed by atoms with Crippen LogP contribution in [-0.4, -0.2) is 102 Å². The number of nitrogens with one attached hydrogen (secondary N) is 2. The van der Waals surface area contributed by atoms with Gasteiger partial charge in [0.2, 0.25) is 17.7 Å². The van der Waals surface area contributed by atoms with Gasteiger partial charge in [0.25, 0.3) is 0 Å². The van der Waals surface area contributed by atoms with Gasteiger partial charge in [-0.15, -0.1) is 0 Å². The molecule has 2 aromatic rings. The van der Waals surface area contributed by atoms with Gasteiger partial charge in [-0.25, -0.2) is 8.42 Å². The summed E-state index contributed by atoms with van der Waals surface area (Å²) in [6.07, 6.45) is 6.74. The van der Waals surface area contributed by atoms with Gasteiger partial charge in [-0.1, -0.05) is 62.4 Å². The molecule has 3 aliphatic rings. The second-order valence-electron chi connectivity index (χ2n) is 15.1. The first-order valence-electron chi connectivity index (χ1n) is 18.5. The lowest BCUT2D eigenvalue weighted by Crippen LogP contribution is -2.57. The summed E-state index contributed by atoms with van der Waals surface area (Å²) in [5.74, 6) is -2.82. The lowest BCUT2D eigenvalue weighted by Gasteiger charge is -2.35. The maximum absolute atomic E-state index is 14.2. The van der Waals surface area contributed by atoms with Gasteiger partial charge in [-0.05, 0) is 69.1 Å². The fourth-order valence-electron chi connectivity index (χ4n) is 7.31. The topological polar surface area (TPSA) is 175 Å². The van der Waals surface area contributed by atoms with Crippen LogP contribution in [0.1, 0.15) is 76.5 Å². The van der Waals surface area contributed by atoms with Gasteiger partial charge in [-0.2, -0.15) is 0 Å². The minimum Gasteiger partial charge on any atom is -0.469 e. The van der Waals surface area contributed by atoms with Gasteiger partial charge in [0.15, 0.2) is 9.84 Å². The van der Waals surface area contributed by atoms with E-state index in [0.717, 1.165) is 50.5 Å². The molecule has 2 aliphatic carbocycles. The molecule has 1 aliphatic heterocycles. The Hall–Kier alpha value is -3.26. The van der Waals surface area contributed by atoms with Crippen molar-refractivity contribution in [2.75, 3.05) is 32.1 Å². The third-order valence-corrected chi connectivity index (χ3v) is 13.4. The largest absolute Gasteiger partial charge is 0.469 e. The molecule has 2 saturated carbocycles. The van der Waals surface area contributed by atoms with E-state index in [-0.39, 0.29) is 37.8 Å². The van der Waals surface area contributed by atoms with Crippen molar-refractivity contribution in [3.05, 3.63) is 60.1 Å². The van der Waals surface area contributed by atoms with Crippen molar-refractivity contribution in [1.82, 2.24) is 15.5 Å². The Morgan fingerprint density at radius 2 is 1.59 bits per heavy atom. The Morgan fingerprint density at radius 1 is 0.902 bits per heavy atom. The van der Waals surface area contributed by atoms with Gasteiger partial charge >= 0.3 is 0 Å². The number of hydrogen-bond donors (Lipinski definition) is 4. The molecule has 5 rings (SSSR count). The standard InChI is InChI=1S/C38H55N3O9S/c1-38(2,37(46)41-17-20-49-21-18-41)51(47,48)25-29(22-26-10-5-3-6-11-26)35(44)40-32(24-30-14-9-19-50-30)36(45)39-31(23-27-12-7-4-8-13-27)34(43)33(42)28-15-16-28/h3,5-6,9-11,14,19,27-29,31-34,42-43H,4,7-8,12-13,15-18,20-25H2,1-2H3,(H,39,45)(H,40,44)/t29-,31+,32-,33+,34-/m1/s1. The van der Waals surface area contributed by atoms with E-state index in [4.69, 9.17) is 9.15 Å². The van der Waals surface area contributed by atoms with Crippen molar-refractivity contribution >= 4 is 27.6 Å². The monoisotopic (exact) mass is 729 g/mol. The molecule has 2 heterocycles. The van der Waals surface area contributed by atoms with Crippen molar-refractivity contribution in [2.45, 2.75) is 107 Å². The zero-order valence-electron chi connectivity index (χ0n) is 29.9. The molecule has 3 amide bonds. The molecule has 13 heteroatoms. The van der Waals surface area contributed by atoms with Crippen molar-refractivity contribution < 1.29 is 42.2 Å². The number of carbonyl (C=O) groups is 3. The van der Waals surface area contributed by atoms with E-state index in [1.807, 2.05) is 6.07 Å². The minimum atomic E-state index is -4.21. The number of sulfone groups is 1. The summed E-state index contributed by atoms with van der Waals surface area (Å²) in [7, 11) is -4.21. The zero-order valence-corrected chi connectivity index (χ0v) is 30.7. The number of ether oxygens (including phenoxy) is 1. The number of rotatable bonds is 17. The highest BCUT2D eigenvalue weighted by Crippen LogP contribution is 2.36. The minimum absolute atomic E-state index is 0.00977. The summed E-state index contributed by atoms with van der Waals surface area (Å²) in [6.45, 7) is 3.94. The quantitative estimate of drug-likeness (QED) is 0.191. The van der Waals surface area contributed by atoms with E-state index in [1.165, 1.54) is 25.0 Å². The highest BCUT2D eigenvalue weighted by molar-refractivity contribution is 7.93. The van der Waals surface area contributed by atoms with Crippen LogP contribution in [0.3, 0.4) is 0 Å². The fraction of sp³-hybridized carbons (Fsp3) is 0.658. The predicted molar refractivity (Wildman–Crippen MR) is 191 cm³/mol. The molecule has 282 valence electrons. The maximum atomic E-state index is 14.2. The van der Waals surface area contributed by atoms with Crippen molar-refractivity contribution in [2.24, 2.45) is 17.8 Å². The summed E-state index contributed by atoms with van der Waals surface area (Å²) in [4.78, 5) is 43.3. The van der Waals surface area contributed by atoms with Gasteiger partial charge in [-0.3, -0.25) is 14.4 Å². The van der Waals surface area contributed by atoms with E-state index in [2.05, 4.69) is 10.6 Å². The molecule has 0 bridgehead atoms. The lowest BCUT2D eigenvalue weighted by molar-refractivity contribution is -0.137. The van der Waals surface area contributed by atoms with Crippen LogP contribution in [0.15, 0.2) is 53.1 Å². The number of hydrogen-bond acceptors (Lipinski definition) is 9. The number of nitrogens with zero attached hydrogens (tertiary/aromatic N) is 1. The summed E-state index contributed by atoms with van der Waals surface area (Å²) in [5.41, 5.74) is 0.724. The molecular weight excluding hydrogens is 674 g/mol. The van der Waals surface area contributed by atoms with Gasteiger partial charge in [0.05, 0.1) is 43.3 Å². The molecule has 12 nitrogen and oxygen atoms in total. The van der Waals surface area contributed by atoms with E-state index in [9.17, 15) is 33.0 Å². The smallest absolute Gasteiger partial charge is 0.243 e. The van der Waals surface area contributed by atoms with Crippen LogP contribution >= 0.6 is 0 Å². The zero-order chi connectivity index (χ0) is 36.6. The predicted octanol–water partition coefficient (Wildman–Crippen LogP) is 2.81. The van der Waals surface area contributed by atoms with Crippen LogP contribution in [0.25, 0.3) is 0 Å². The Balaban J connectivity index is 1.38. The number of aliphatic hydroxyl groups is 2. The summed E-state index contributed by atoms with van der Waals surface area (Å²) >= 11 is 0. The van der Waals surface area contributed by atoms with Gasteiger partial charge in [0.1, 0.15) is 22.7 Å². The normalized spacial score (nSPS) is 20.5. The molecule has 5 atom stereocenters. The third kappa shape index (κ3) is 10.4. The molecule has 0 unspecified atom stereocenters. The first-order chi connectivity index (χ1) is 24.4. The number of aliphatic hydroxyl groups excluding tert-OH is 2. The van der Waals surface area contributed by atoms with Crippen molar-refractivity contribution in [3.8, 4) is 0 Å². The molecule has 3 fully saturated rings. The van der Waals surface area contributed by atoms with Crippen LogP contribution in [0.5, 0.6) is 0 Å². The van der Waals surface area contributed by atoms with E-state index >= 15 is 0 Å². The average molecular weight is 730 g/mol. The molecule has 1 aromatic carbocycles. The maximum Gasteiger partial charge on any atom is 0.243 e. The Morgan fingerprint density at radius 3 is 2.22 bits per heavy atom. The highest BCUT2D eigenvalue weighted by Gasteiger charge is 2.46. The first kappa shape index (κ1) is 39.0. The van der Waals surface area contributed by atoms with Crippen LogP contribution in [0, 0.1) is 17.8 Å². The molecule has 0 radical (unpaired) electrons. The van der Waals surface area contributed by atoms with E-state index in [1.54, 1.807) is 36.4 Å². The van der Waals surface area contributed by atoms with Crippen LogP contribution in [-0.2, 0) is 41.8 Å². The highest BCUT2D eigenvalue weighted by atomic mass is 32.2. The Bertz CT molecular complexity index is 1530. The Labute approximate surface area is 301 Å². The fourth-order valence-corrected chi connectivity index (χ4v) is 8.92. The molecule has 1 saturated heterocycles. The molecule has 4 N–H and O–H groups in total. The second kappa shape index (κ2) is 17.5. The van der Waals surface area contributed by atoms with Crippen LogP contribution < -0.4 is 10.6 Å². The Kier molecular flexibility index (Phi) is 13.4. The third-order valence-electron chi connectivity index (χ3n) is 10.8. The lowest BCUT2D eigenvalue weighted by atomic mass is 9.82.